The third-order valence-electron chi connectivity index (χ3n) is 3.70. The van der Waals surface area contributed by atoms with E-state index in [0.29, 0.717) is 6.61 Å². The topological polar surface area (TPSA) is 35.0 Å². The smallest absolute Gasteiger partial charge is 0.140 e. The van der Waals surface area contributed by atoms with Crippen LogP contribution in [0.3, 0.4) is 0 Å². The predicted molar refractivity (Wildman–Crippen MR) is 101 cm³/mol. The average molecular weight is 352 g/mol. The van der Waals surface area contributed by atoms with E-state index in [4.69, 9.17) is 4.74 Å². The highest BCUT2D eigenvalue weighted by Gasteiger charge is 2.06. The zero-order valence-electron chi connectivity index (χ0n) is 13.2. The molecule has 120 valence electrons. The van der Waals surface area contributed by atoms with Crippen LogP contribution in [0.2, 0.25) is 0 Å². The van der Waals surface area contributed by atoms with Crippen LogP contribution in [0.5, 0.6) is 5.75 Å². The van der Waals surface area contributed by atoms with Crippen molar-refractivity contribution in [3.8, 4) is 17.0 Å². The molecule has 0 unspecified atom stereocenters. The first-order chi connectivity index (χ1) is 11.8. The maximum absolute atomic E-state index is 5.87. The van der Waals surface area contributed by atoms with Crippen molar-refractivity contribution in [1.82, 2.24) is 9.97 Å². The number of ether oxygens (including phenoxy) is 1. The summed E-state index contributed by atoms with van der Waals surface area (Å²) in [4.78, 5) is 9.21. The van der Waals surface area contributed by atoms with Gasteiger partial charge in [-0.05, 0) is 42.8 Å². The van der Waals surface area contributed by atoms with Gasteiger partial charge >= 0.3 is 0 Å². The van der Waals surface area contributed by atoms with E-state index in [9.17, 15) is 0 Å². The molecule has 0 spiro atoms. The Morgan fingerprint density at radius 3 is 2.54 bits per heavy atom. The lowest BCUT2D eigenvalue weighted by Gasteiger charge is -2.04. The fourth-order valence-electron chi connectivity index (χ4n) is 2.45. The highest BCUT2D eigenvalue weighted by molar-refractivity contribution is 7.18. The second-order valence-electron chi connectivity index (χ2n) is 5.37. The summed E-state index contributed by atoms with van der Waals surface area (Å²) in [6.45, 7) is 2.62. The van der Waals surface area contributed by atoms with Crippen molar-refractivity contribution in [1.29, 1.82) is 0 Å². The van der Waals surface area contributed by atoms with Crippen LogP contribution in [0, 0.1) is 0 Å². The Labute approximate surface area is 148 Å². The summed E-state index contributed by atoms with van der Waals surface area (Å²) in [6.07, 6.45) is 0.980. The molecule has 0 atom stereocenters. The first kappa shape index (κ1) is 15.3. The van der Waals surface area contributed by atoms with E-state index in [-0.39, 0.29) is 0 Å². The van der Waals surface area contributed by atoms with Crippen LogP contribution in [0.1, 0.15) is 16.9 Å². The lowest BCUT2D eigenvalue weighted by atomic mass is 10.2. The van der Waals surface area contributed by atoms with Gasteiger partial charge in [0.1, 0.15) is 17.4 Å². The van der Waals surface area contributed by atoms with Crippen LogP contribution in [0.15, 0.2) is 53.9 Å². The normalized spacial score (nSPS) is 11.0. The summed E-state index contributed by atoms with van der Waals surface area (Å²) in [5, 5.41) is 4.27. The van der Waals surface area contributed by atoms with Crippen LogP contribution in [0.4, 0.5) is 0 Å². The average Bonchev–Trinajstić information content (AvgIpc) is 3.26. The number of rotatable bonds is 5. The zero-order valence-corrected chi connectivity index (χ0v) is 14.9. The number of thiazole rings is 2. The van der Waals surface area contributed by atoms with Crippen molar-refractivity contribution in [3.63, 3.8) is 0 Å². The minimum Gasteiger partial charge on any atom is -0.486 e. The van der Waals surface area contributed by atoms with E-state index in [1.54, 1.807) is 22.7 Å². The summed E-state index contributed by atoms with van der Waals surface area (Å²) in [6, 6.07) is 16.3. The first-order valence-corrected chi connectivity index (χ1v) is 9.53. The summed E-state index contributed by atoms with van der Waals surface area (Å²) < 4.78 is 7.06. The SMILES string of the molecule is CCc1nc(-c2ccc(OCc3nc4ccccc4s3)cc2)cs1. The van der Waals surface area contributed by atoms with Gasteiger partial charge in [0.25, 0.3) is 0 Å². The fraction of sp³-hybridized carbons (Fsp3) is 0.158. The fourth-order valence-corrected chi connectivity index (χ4v) is 4.09. The van der Waals surface area contributed by atoms with Gasteiger partial charge in [-0.2, -0.15) is 0 Å². The molecule has 2 aromatic carbocycles. The van der Waals surface area contributed by atoms with Crippen molar-refractivity contribution in [3.05, 3.63) is 63.9 Å². The maximum Gasteiger partial charge on any atom is 0.140 e. The summed E-state index contributed by atoms with van der Waals surface area (Å²) in [5.74, 6) is 0.851. The summed E-state index contributed by atoms with van der Waals surface area (Å²) in [5.41, 5.74) is 3.19. The molecule has 0 N–H and O–H groups in total. The molecule has 2 heterocycles. The van der Waals surface area contributed by atoms with E-state index in [1.165, 1.54) is 9.71 Å². The molecule has 0 bridgehead atoms. The molecule has 4 rings (SSSR count). The predicted octanol–water partition coefficient (Wildman–Crippen LogP) is 5.56. The summed E-state index contributed by atoms with van der Waals surface area (Å²) in [7, 11) is 0. The monoisotopic (exact) mass is 352 g/mol. The molecule has 0 aliphatic carbocycles. The number of para-hydroxylation sites is 1. The van der Waals surface area contributed by atoms with Gasteiger partial charge in [0.05, 0.1) is 20.9 Å². The van der Waals surface area contributed by atoms with Crippen molar-refractivity contribution >= 4 is 32.9 Å². The van der Waals surface area contributed by atoms with Gasteiger partial charge in [0.2, 0.25) is 0 Å². The molecular weight excluding hydrogens is 336 g/mol. The van der Waals surface area contributed by atoms with Crippen molar-refractivity contribution in [2.45, 2.75) is 20.0 Å². The number of aryl methyl sites for hydroxylation is 1. The molecule has 0 saturated heterocycles. The van der Waals surface area contributed by atoms with E-state index < -0.39 is 0 Å². The van der Waals surface area contributed by atoms with E-state index in [2.05, 4.69) is 40.5 Å². The van der Waals surface area contributed by atoms with E-state index in [1.807, 2.05) is 30.3 Å². The second kappa shape index (κ2) is 6.71. The van der Waals surface area contributed by atoms with Gasteiger partial charge in [-0.25, -0.2) is 9.97 Å². The number of fused-ring (bicyclic) bond motifs is 1. The maximum atomic E-state index is 5.87. The Balaban J connectivity index is 1.45. The van der Waals surface area contributed by atoms with Crippen molar-refractivity contribution in [2.24, 2.45) is 0 Å². The molecule has 5 heteroatoms. The van der Waals surface area contributed by atoms with Gasteiger partial charge < -0.3 is 4.74 Å². The van der Waals surface area contributed by atoms with E-state index >= 15 is 0 Å². The Morgan fingerprint density at radius 2 is 1.79 bits per heavy atom. The molecule has 0 fully saturated rings. The van der Waals surface area contributed by atoms with Crippen LogP contribution >= 0.6 is 22.7 Å². The molecule has 0 aliphatic heterocycles. The lowest BCUT2D eigenvalue weighted by molar-refractivity contribution is 0.306. The van der Waals surface area contributed by atoms with Crippen LogP contribution in [0.25, 0.3) is 21.5 Å². The molecular formula is C19H16N2OS2. The van der Waals surface area contributed by atoms with Gasteiger partial charge in [-0.1, -0.05) is 19.1 Å². The standard InChI is InChI=1S/C19H16N2OS2/c1-2-18-21-16(12-23-18)13-7-9-14(10-8-13)22-11-19-20-15-5-3-4-6-17(15)24-19/h3-10,12H,2,11H2,1H3. The number of benzene rings is 2. The molecule has 0 saturated carbocycles. The Hall–Kier alpha value is -2.24. The Morgan fingerprint density at radius 1 is 0.958 bits per heavy atom. The molecule has 2 aromatic heterocycles. The summed E-state index contributed by atoms with van der Waals surface area (Å²) >= 11 is 3.39. The van der Waals surface area contributed by atoms with Gasteiger partial charge in [0.15, 0.2) is 0 Å². The highest BCUT2D eigenvalue weighted by Crippen LogP contribution is 2.26. The van der Waals surface area contributed by atoms with E-state index in [0.717, 1.165) is 34.0 Å². The quantitative estimate of drug-likeness (QED) is 0.471. The third-order valence-corrected chi connectivity index (χ3v) is 5.71. The second-order valence-corrected chi connectivity index (χ2v) is 7.43. The third kappa shape index (κ3) is 3.18. The van der Waals surface area contributed by atoms with Crippen LogP contribution < -0.4 is 4.74 Å². The molecule has 0 aliphatic rings. The minimum atomic E-state index is 0.495. The first-order valence-electron chi connectivity index (χ1n) is 7.84. The van der Waals surface area contributed by atoms with Gasteiger partial charge in [-0.3, -0.25) is 0 Å². The number of hydrogen-bond acceptors (Lipinski definition) is 5. The van der Waals surface area contributed by atoms with Crippen molar-refractivity contribution in [2.75, 3.05) is 0 Å². The lowest BCUT2D eigenvalue weighted by Crippen LogP contribution is -1.94. The van der Waals surface area contributed by atoms with Crippen molar-refractivity contribution < 1.29 is 4.74 Å². The van der Waals surface area contributed by atoms with Crippen LogP contribution in [-0.2, 0) is 13.0 Å². The molecule has 4 aromatic rings. The largest absolute Gasteiger partial charge is 0.486 e. The minimum absolute atomic E-state index is 0.495. The number of hydrogen-bond donors (Lipinski definition) is 0. The number of nitrogens with zero attached hydrogens (tertiary/aromatic N) is 2. The Bertz CT molecular complexity index is 924. The molecule has 0 amide bonds. The molecule has 3 nitrogen and oxygen atoms in total. The zero-order chi connectivity index (χ0) is 16.4. The van der Waals surface area contributed by atoms with Crippen LogP contribution in [-0.4, -0.2) is 9.97 Å². The number of aromatic nitrogens is 2. The van der Waals surface area contributed by atoms with Gasteiger partial charge in [0, 0.05) is 10.9 Å². The highest BCUT2D eigenvalue weighted by atomic mass is 32.1. The molecule has 0 radical (unpaired) electrons. The van der Waals surface area contributed by atoms with Gasteiger partial charge in [-0.15, -0.1) is 22.7 Å². The Kier molecular flexibility index (Phi) is 4.28. The molecule has 24 heavy (non-hydrogen) atoms.